The smallest absolute Gasteiger partial charge is 0.279 e. The Morgan fingerprint density at radius 2 is 2.08 bits per heavy atom. The van der Waals surface area contributed by atoms with E-state index in [4.69, 9.17) is 0 Å². The minimum absolute atomic E-state index is 0.161. The normalized spacial score (nSPS) is 15.3. The van der Waals surface area contributed by atoms with E-state index < -0.39 is 5.82 Å². The maximum atomic E-state index is 13.8. The van der Waals surface area contributed by atoms with E-state index in [1.807, 2.05) is 24.4 Å². The first kappa shape index (κ1) is 16.9. The number of carbonyl (C=O) groups is 1. The van der Waals surface area contributed by atoms with Gasteiger partial charge in [-0.05, 0) is 24.3 Å². The molecule has 1 aromatic carbocycles. The molecule has 1 fully saturated rings. The van der Waals surface area contributed by atoms with E-state index in [1.165, 1.54) is 11.0 Å². The van der Waals surface area contributed by atoms with Gasteiger partial charge in [-0.1, -0.05) is 22.0 Å². The number of aromatic nitrogens is 1. The molecule has 0 unspecified atom stereocenters. The van der Waals surface area contributed by atoms with E-state index in [-0.39, 0.29) is 11.6 Å². The Balaban J connectivity index is 1.50. The van der Waals surface area contributed by atoms with E-state index in [9.17, 15) is 9.18 Å². The first-order chi connectivity index (χ1) is 11.6. The van der Waals surface area contributed by atoms with Crippen LogP contribution in [0.2, 0.25) is 0 Å². The molecule has 0 spiro atoms. The van der Waals surface area contributed by atoms with Gasteiger partial charge in [0.2, 0.25) is 0 Å². The Morgan fingerprint density at radius 1 is 1.29 bits per heavy atom. The minimum atomic E-state index is -0.433. The van der Waals surface area contributed by atoms with Crippen LogP contribution in [-0.2, 0) is 4.79 Å². The largest absolute Gasteiger partial charge is 0.321 e. The molecule has 1 aromatic heterocycles. The highest BCUT2D eigenvalue weighted by Gasteiger charge is 2.27. The number of carbonyl (C=O) groups excluding carboxylic acids is 1. The first-order valence-electron chi connectivity index (χ1n) is 7.92. The molecule has 3 rings (SSSR count). The van der Waals surface area contributed by atoms with Gasteiger partial charge in [0.15, 0.2) is 6.54 Å². The third-order valence-corrected chi connectivity index (χ3v) is 4.61. The summed E-state index contributed by atoms with van der Waals surface area (Å²) in [6.45, 7) is 3.87. The fourth-order valence-corrected chi connectivity index (χ4v) is 3.17. The number of aromatic amines is 1. The summed E-state index contributed by atoms with van der Waals surface area (Å²) in [7, 11) is 0. The average Bonchev–Trinajstić information content (AvgIpc) is 2.59. The van der Waals surface area contributed by atoms with Crippen molar-refractivity contribution >= 4 is 33.3 Å². The van der Waals surface area contributed by atoms with Crippen molar-refractivity contribution in [3.63, 3.8) is 0 Å². The topological polar surface area (TPSA) is 50.9 Å². The molecule has 2 heterocycles. The second-order valence-corrected chi connectivity index (χ2v) is 6.75. The number of amides is 1. The molecule has 3 N–H and O–H groups in total. The number of piperazine rings is 1. The zero-order valence-electron chi connectivity index (χ0n) is 13.2. The molecule has 2 aromatic rings. The van der Waals surface area contributed by atoms with Crippen molar-refractivity contribution < 1.29 is 19.1 Å². The molecule has 1 aliphatic heterocycles. The molecule has 24 heavy (non-hydrogen) atoms. The number of pyridine rings is 1. The number of quaternary nitrogens is 1. The predicted octanol–water partition coefficient (Wildman–Crippen LogP) is 0.746. The van der Waals surface area contributed by atoms with Crippen molar-refractivity contribution in [2.24, 2.45) is 0 Å². The van der Waals surface area contributed by atoms with Gasteiger partial charge in [0, 0.05) is 10.5 Å². The van der Waals surface area contributed by atoms with Gasteiger partial charge in [0.25, 0.3) is 11.7 Å². The SMILES string of the molecule is O=C(C[NH+]1CCN(c2cccc[nH+]2)CC1)Nc1ccc(Br)cc1F. The van der Waals surface area contributed by atoms with Gasteiger partial charge in [-0.3, -0.25) is 9.69 Å². The number of hydrogen-bond donors (Lipinski definition) is 2. The Hall–Kier alpha value is -1.99. The van der Waals surface area contributed by atoms with Crippen molar-refractivity contribution in [2.45, 2.75) is 0 Å². The number of anilines is 2. The van der Waals surface area contributed by atoms with E-state index in [2.05, 4.69) is 31.1 Å². The summed E-state index contributed by atoms with van der Waals surface area (Å²) in [5.74, 6) is 0.501. The summed E-state index contributed by atoms with van der Waals surface area (Å²) in [5, 5.41) is 2.65. The molecule has 0 bridgehead atoms. The monoisotopic (exact) mass is 394 g/mol. The highest BCUT2D eigenvalue weighted by atomic mass is 79.9. The third-order valence-electron chi connectivity index (χ3n) is 4.12. The van der Waals surface area contributed by atoms with Crippen LogP contribution < -0.4 is 20.1 Å². The lowest BCUT2D eigenvalue weighted by atomic mass is 10.3. The maximum absolute atomic E-state index is 13.8. The minimum Gasteiger partial charge on any atom is -0.321 e. The Kier molecular flexibility index (Phi) is 5.42. The van der Waals surface area contributed by atoms with Gasteiger partial charge in [0.05, 0.1) is 11.9 Å². The zero-order chi connectivity index (χ0) is 16.9. The highest BCUT2D eigenvalue weighted by Crippen LogP contribution is 2.19. The summed E-state index contributed by atoms with van der Waals surface area (Å²) >= 11 is 3.20. The lowest BCUT2D eigenvalue weighted by Gasteiger charge is -2.27. The molecule has 5 nitrogen and oxygen atoms in total. The maximum Gasteiger partial charge on any atom is 0.279 e. The van der Waals surface area contributed by atoms with Crippen LogP contribution in [0.4, 0.5) is 15.9 Å². The number of nitrogens with one attached hydrogen (secondary N) is 3. The van der Waals surface area contributed by atoms with Crippen LogP contribution in [0.5, 0.6) is 0 Å². The van der Waals surface area contributed by atoms with Crippen molar-refractivity contribution in [1.82, 2.24) is 0 Å². The fraction of sp³-hybridized carbons (Fsp3) is 0.294. The van der Waals surface area contributed by atoms with E-state index in [0.717, 1.165) is 32.0 Å². The van der Waals surface area contributed by atoms with Crippen LogP contribution in [-0.4, -0.2) is 38.6 Å². The quantitative estimate of drug-likeness (QED) is 0.803. The van der Waals surface area contributed by atoms with Crippen LogP contribution in [0.15, 0.2) is 47.1 Å². The zero-order valence-corrected chi connectivity index (χ0v) is 14.8. The first-order valence-corrected chi connectivity index (χ1v) is 8.71. The van der Waals surface area contributed by atoms with Crippen LogP contribution in [0.1, 0.15) is 0 Å². The summed E-state index contributed by atoms with van der Waals surface area (Å²) in [5.41, 5.74) is 0.222. The van der Waals surface area contributed by atoms with Crippen LogP contribution in [0.3, 0.4) is 0 Å². The number of rotatable bonds is 4. The van der Waals surface area contributed by atoms with Crippen LogP contribution >= 0.6 is 15.9 Å². The summed E-state index contributed by atoms with van der Waals surface area (Å²) < 4.78 is 14.4. The fourth-order valence-electron chi connectivity index (χ4n) is 2.83. The predicted molar refractivity (Wildman–Crippen MR) is 93.5 cm³/mol. The summed E-state index contributed by atoms with van der Waals surface area (Å²) in [6, 6.07) is 10.6. The van der Waals surface area contributed by atoms with E-state index in [1.54, 1.807) is 12.1 Å². The second kappa shape index (κ2) is 7.72. The summed E-state index contributed by atoms with van der Waals surface area (Å²) in [4.78, 5) is 18.8. The summed E-state index contributed by atoms with van der Waals surface area (Å²) in [6.07, 6.45) is 1.91. The molecule has 0 radical (unpaired) electrons. The Labute approximate surface area is 148 Å². The Morgan fingerprint density at radius 3 is 2.75 bits per heavy atom. The highest BCUT2D eigenvalue weighted by molar-refractivity contribution is 9.10. The molecular weight excluding hydrogens is 375 g/mol. The van der Waals surface area contributed by atoms with Crippen molar-refractivity contribution in [2.75, 3.05) is 42.9 Å². The van der Waals surface area contributed by atoms with Crippen molar-refractivity contribution in [3.05, 3.63) is 52.9 Å². The van der Waals surface area contributed by atoms with E-state index in [0.29, 0.717) is 11.0 Å². The molecule has 0 saturated carbocycles. The molecule has 1 aliphatic rings. The van der Waals surface area contributed by atoms with Gasteiger partial charge in [-0.2, -0.15) is 0 Å². The van der Waals surface area contributed by atoms with Gasteiger partial charge in [-0.15, -0.1) is 0 Å². The number of benzene rings is 1. The van der Waals surface area contributed by atoms with Crippen molar-refractivity contribution in [3.8, 4) is 0 Å². The van der Waals surface area contributed by atoms with E-state index >= 15 is 0 Å². The average molecular weight is 395 g/mol. The lowest BCUT2D eigenvalue weighted by Crippen LogP contribution is -3.15. The molecule has 0 atom stereocenters. The molecule has 1 saturated heterocycles. The van der Waals surface area contributed by atoms with Gasteiger partial charge in [-0.25, -0.2) is 9.37 Å². The second-order valence-electron chi connectivity index (χ2n) is 5.83. The lowest BCUT2D eigenvalue weighted by molar-refractivity contribution is -0.892. The van der Waals surface area contributed by atoms with Gasteiger partial charge in [0.1, 0.15) is 32.0 Å². The number of nitrogens with zero attached hydrogens (tertiary/aromatic N) is 1. The molecule has 7 heteroatoms. The molecule has 0 aliphatic carbocycles. The molecule has 1 amide bonds. The number of H-pyrrole nitrogens is 1. The standard InChI is InChI=1S/C17H18BrFN4O/c18-13-4-5-15(14(19)11-13)21-17(24)12-22-7-9-23(10-8-22)16-3-1-2-6-20-16/h1-6,11H,7-10,12H2,(H,21,24)/p+2. The van der Waals surface area contributed by atoms with Gasteiger partial charge >= 0.3 is 0 Å². The Bertz CT molecular complexity index is 705. The van der Waals surface area contributed by atoms with Crippen molar-refractivity contribution in [1.29, 1.82) is 0 Å². The van der Waals surface area contributed by atoms with Gasteiger partial charge < -0.3 is 10.2 Å². The molecule has 126 valence electrons. The molecular formula is C17H20BrFN4O+2. The number of halogens is 2. The number of hydrogen-bond acceptors (Lipinski definition) is 2. The van der Waals surface area contributed by atoms with Crippen LogP contribution in [0, 0.1) is 5.82 Å². The third kappa shape index (κ3) is 4.30. The van der Waals surface area contributed by atoms with Crippen LogP contribution in [0.25, 0.3) is 0 Å².